The summed E-state index contributed by atoms with van der Waals surface area (Å²) < 4.78 is 55.9. The number of hydrogen-bond acceptors (Lipinski definition) is 13. The summed E-state index contributed by atoms with van der Waals surface area (Å²) in [6.07, 6.45) is 1.19. The van der Waals surface area contributed by atoms with Gasteiger partial charge in [-0.15, -0.1) is 0 Å². The maximum absolute atomic E-state index is 18.3. The van der Waals surface area contributed by atoms with Gasteiger partial charge in [0, 0.05) is 36.2 Å². The number of ketones is 2. The average Bonchev–Trinajstić information content (AvgIpc) is 3.61. The van der Waals surface area contributed by atoms with Gasteiger partial charge in [0.25, 0.3) is 5.88 Å². The maximum atomic E-state index is 18.3. The highest BCUT2D eigenvalue weighted by Gasteiger charge is 2.67. The van der Waals surface area contributed by atoms with E-state index in [0.717, 1.165) is 11.3 Å². The molecule has 1 aromatic carbocycles. The molecule has 1 heterocycles. The van der Waals surface area contributed by atoms with Crippen molar-refractivity contribution in [3.63, 3.8) is 0 Å². The van der Waals surface area contributed by atoms with Gasteiger partial charge < -0.3 is 37.9 Å². The summed E-state index contributed by atoms with van der Waals surface area (Å²) in [5.74, 6) is -4.38. The molecule has 1 aromatic heterocycles. The number of benzene rings is 1. The third kappa shape index (κ3) is 10.6. The van der Waals surface area contributed by atoms with E-state index >= 15 is 14.0 Å². The third-order valence-electron chi connectivity index (χ3n) is 13.3. The van der Waals surface area contributed by atoms with Crippen molar-refractivity contribution in [2.75, 3.05) is 45.8 Å². The number of fused-ring (bicyclic) bond motifs is 4. The number of ether oxygens (including phenoxy) is 4. The van der Waals surface area contributed by atoms with Gasteiger partial charge in [0.2, 0.25) is 5.78 Å². The summed E-state index contributed by atoms with van der Waals surface area (Å²) in [7, 11) is 2.04. The van der Waals surface area contributed by atoms with Gasteiger partial charge in [0.15, 0.2) is 31.2 Å². The van der Waals surface area contributed by atoms with Crippen molar-refractivity contribution in [3.05, 3.63) is 45.2 Å². The summed E-state index contributed by atoms with van der Waals surface area (Å²) in [5, 5.41) is 17.0. The molecule has 0 spiro atoms. The van der Waals surface area contributed by atoms with E-state index in [9.17, 15) is 14.7 Å². The molecule has 0 unspecified atom stereocenters. The topological polar surface area (TPSA) is 170 Å². The molecule has 0 bridgehead atoms. The zero-order valence-electron chi connectivity index (χ0n) is 44.1. The Kier molecular flexibility index (Phi) is 16.1. The predicted molar refractivity (Wildman–Crippen MR) is 261 cm³/mol. The van der Waals surface area contributed by atoms with Crippen LogP contribution in [0, 0.1) is 23.6 Å². The van der Waals surface area contributed by atoms with Crippen molar-refractivity contribution in [2.24, 2.45) is 17.8 Å². The monoisotopic (exact) mass is 971 g/mol. The van der Waals surface area contributed by atoms with Crippen LogP contribution >= 0.6 is 0 Å². The lowest BCUT2D eigenvalue weighted by Gasteiger charge is -2.55. The number of aromatic nitrogens is 1. The van der Waals surface area contributed by atoms with Gasteiger partial charge in [-0.05, 0) is 116 Å². The van der Waals surface area contributed by atoms with Crippen molar-refractivity contribution in [1.82, 2.24) is 15.0 Å². The zero-order valence-corrected chi connectivity index (χ0v) is 45.1. The van der Waals surface area contributed by atoms with E-state index in [0.29, 0.717) is 19.3 Å². The molecule has 15 nitrogen and oxygen atoms in total. The molecule has 3 aliphatic carbocycles. The zero-order chi connectivity index (χ0) is 51.2. The van der Waals surface area contributed by atoms with Gasteiger partial charge in [-0.2, -0.15) is 0 Å². The first kappa shape index (κ1) is 54.5. The number of carbonyl (C=O) groups is 4. The van der Waals surface area contributed by atoms with E-state index in [2.05, 4.69) is 5.16 Å². The van der Waals surface area contributed by atoms with Crippen molar-refractivity contribution in [1.29, 1.82) is 0 Å². The first-order valence-electron chi connectivity index (χ1n) is 24.3. The molecule has 17 heteroatoms. The number of amides is 2. The van der Waals surface area contributed by atoms with Gasteiger partial charge in [0.05, 0.1) is 37.1 Å². The second-order valence-electron chi connectivity index (χ2n) is 22.9. The van der Waals surface area contributed by atoms with Crippen LogP contribution in [0.5, 0.6) is 11.6 Å². The Balaban J connectivity index is 1.89. The fourth-order valence-electron chi connectivity index (χ4n) is 9.21. The molecule has 68 heavy (non-hydrogen) atoms. The van der Waals surface area contributed by atoms with Crippen LogP contribution in [0.2, 0.25) is 18.1 Å². The number of carbonyl (C=O) groups excluding carboxylic acids is 4. The number of hydrogen-bond donors (Lipinski definition) is 1. The summed E-state index contributed by atoms with van der Waals surface area (Å²) in [6, 6.07) is -0.708. The van der Waals surface area contributed by atoms with Crippen LogP contribution < -0.4 is 14.4 Å². The molecule has 0 saturated carbocycles. The number of Topliss-reactive ketones (excluding diaryl/α,β-unsaturated/α-hetero) is 2. The van der Waals surface area contributed by atoms with E-state index in [-0.39, 0.29) is 96.0 Å². The van der Waals surface area contributed by atoms with Crippen LogP contribution in [-0.4, -0.2) is 110 Å². The van der Waals surface area contributed by atoms with Gasteiger partial charge >= 0.3 is 12.2 Å². The first-order valence-corrected chi connectivity index (χ1v) is 27.2. The van der Waals surface area contributed by atoms with Crippen LogP contribution in [0.1, 0.15) is 166 Å². The smallest absolute Gasteiger partial charge is 0.414 e. The lowest BCUT2D eigenvalue weighted by Crippen LogP contribution is -2.65. The molecule has 0 radical (unpaired) electrons. The lowest BCUT2D eigenvalue weighted by molar-refractivity contribution is -0.0481. The van der Waals surface area contributed by atoms with Crippen LogP contribution in [0.25, 0.3) is 0 Å². The molecular weight excluding hydrogens is 892 g/mol. The Hall–Kier alpha value is -4.48. The molecule has 380 valence electrons. The molecule has 0 aliphatic heterocycles. The highest BCUT2D eigenvalue weighted by Crippen LogP contribution is 2.60. The minimum Gasteiger partial charge on any atom is -0.508 e. The number of aliphatic hydroxyl groups excluding tert-OH is 1. The summed E-state index contributed by atoms with van der Waals surface area (Å²) >= 11 is 0. The quantitative estimate of drug-likeness (QED) is 0.125. The molecule has 3 aliphatic rings. The molecule has 5 rings (SSSR count). The Labute approximate surface area is 404 Å². The number of nitrogens with zero attached hydrogens (tertiary/aromatic N) is 4. The minimum atomic E-state index is -3.04. The Bertz CT molecular complexity index is 2270. The highest BCUT2D eigenvalue weighted by atomic mass is 28.4. The second-order valence-corrected chi connectivity index (χ2v) is 27.6. The molecule has 1 N–H and O–H groups in total. The van der Waals surface area contributed by atoms with E-state index in [1.807, 2.05) is 80.6 Å². The number of unbranched alkanes of at least 4 members (excludes halogenated alkanes) is 2. The van der Waals surface area contributed by atoms with Crippen LogP contribution in [0.4, 0.5) is 19.7 Å². The molecule has 0 saturated heterocycles. The largest absolute Gasteiger partial charge is 0.508 e. The van der Waals surface area contributed by atoms with Gasteiger partial charge in [0.1, 0.15) is 28.3 Å². The lowest BCUT2D eigenvalue weighted by atomic mass is 9.58. The standard InChI is InChI=1S/C51H79FN4O11Si/c1-19-21-23-62-41-35-31(37(52)32(38(41)55(16)46(60)64-48(5,6)7)28-56(27-29(3)4)47(61)65-49(8,9)10)25-30-26-33-39(54(14)15)42-36(45(53-66-42)63-24-22-20-2)44(59)51(33,43(58)34(30)40(35)57)67-68(17,18)50(11,12)13/h29-30,33,39,58H,19-28H2,1-18H3/t30-,33-,39-,51-/m0/s1. The van der Waals surface area contributed by atoms with Gasteiger partial charge in [-0.3, -0.25) is 19.4 Å². The van der Waals surface area contributed by atoms with Crippen LogP contribution in [0.15, 0.2) is 15.9 Å². The van der Waals surface area contributed by atoms with Crippen molar-refractivity contribution < 1.29 is 56.6 Å². The van der Waals surface area contributed by atoms with Crippen molar-refractivity contribution in [3.8, 4) is 11.6 Å². The van der Waals surface area contributed by atoms with Crippen LogP contribution in [0.3, 0.4) is 0 Å². The van der Waals surface area contributed by atoms with E-state index in [4.69, 9.17) is 27.9 Å². The highest BCUT2D eigenvalue weighted by molar-refractivity contribution is 6.74. The van der Waals surface area contributed by atoms with E-state index in [1.165, 1.54) is 11.9 Å². The minimum absolute atomic E-state index is 0.00129. The Morgan fingerprint density at radius 3 is 2.01 bits per heavy atom. The first-order chi connectivity index (χ1) is 31.3. The summed E-state index contributed by atoms with van der Waals surface area (Å²) in [6.45, 7) is 28.3. The molecule has 0 fully saturated rings. The van der Waals surface area contributed by atoms with E-state index < -0.39 is 83.4 Å². The average molecular weight is 971 g/mol. The van der Waals surface area contributed by atoms with Gasteiger partial charge in [-0.25, -0.2) is 14.0 Å². The second kappa shape index (κ2) is 20.1. The predicted octanol–water partition coefficient (Wildman–Crippen LogP) is 11.4. The maximum Gasteiger partial charge on any atom is 0.414 e. The van der Waals surface area contributed by atoms with Gasteiger partial charge in [-0.1, -0.05) is 61.3 Å². The number of allylic oxidation sites excluding steroid dienone is 1. The Morgan fingerprint density at radius 1 is 0.912 bits per heavy atom. The normalized spacial score (nSPS) is 20.8. The number of anilines is 1. The van der Waals surface area contributed by atoms with Crippen molar-refractivity contribution in [2.45, 2.75) is 176 Å². The summed E-state index contributed by atoms with van der Waals surface area (Å²) in [4.78, 5) is 64.0. The van der Waals surface area contributed by atoms with Crippen LogP contribution in [-0.2, 0) is 26.9 Å². The Morgan fingerprint density at radius 2 is 1.49 bits per heavy atom. The van der Waals surface area contributed by atoms with Crippen molar-refractivity contribution >= 4 is 37.8 Å². The summed E-state index contributed by atoms with van der Waals surface area (Å²) in [5.41, 5.74) is -4.40. The SMILES string of the molecule is CCCCOc1noc2c1C(=O)[C@@]1(O[Si](C)(C)C(C)(C)C)C(O)=C3C(=O)c4c(c(F)c(CN(CC(C)C)C(=O)OC(C)(C)C)c(N(C)C(=O)OC(C)(C)C)c4OCCCC)C[C@H]3C[C@H]1[C@@H]2N(C)C. The number of rotatable bonds is 16. The number of halogens is 1. The fourth-order valence-corrected chi connectivity index (χ4v) is 10.7. The molecule has 2 amide bonds. The molecular formula is C51H79FN4O11Si. The fraction of sp³-hybridized carbons (Fsp3) is 0.706. The third-order valence-corrected chi connectivity index (χ3v) is 17.8. The number of aliphatic hydroxyl groups is 1. The molecule has 4 atom stereocenters. The molecule has 2 aromatic rings. The van der Waals surface area contributed by atoms with E-state index in [1.54, 1.807) is 41.5 Å².